The highest BCUT2D eigenvalue weighted by Gasteiger charge is 2.36. The minimum absolute atomic E-state index is 0.0616. The Kier molecular flexibility index (Phi) is 4.63. The number of anilines is 1. The Hall–Kier alpha value is -1.07. The summed E-state index contributed by atoms with van der Waals surface area (Å²) in [6, 6.07) is 3.86. The average Bonchev–Trinajstić information content (AvgIpc) is 2.40. The predicted octanol–water partition coefficient (Wildman–Crippen LogP) is 3.15. The number of nitrogens with zero attached hydrogens (tertiary/aromatic N) is 1. The number of hydrogen-bond acceptors (Lipinski definition) is 3. The van der Waals surface area contributed by atoms with Crippen LogP contribution in [-0.2, 0) is 10.0 Å². The Bertz CT molecular complexity index is 602. The largest absolute Gasteiger partial charge is 0.388 e. The van der Waals surface area contributed by atoms with Gasteiger partial charge in [-0.25, -0.2) is 8.42 Å². The van der Waals surface area contributed by atoms with Crippen molar-refractivity contribution >= 4 is 15.7 Å². The molecule has 4 nitrogen and oxygen atoms in total. The summed E-state index contributed by atoms with van der Waals surface area (Å²) in [6.07, 6.45) is 2.04. The summed E-state index contributed by atoms with van der Waals surface area (Å²) in [5, 5.41) is 3.07. The van der Waals surface area contributed by atoms with E-state index in [0.717, 1.165) is 29.7 Å². The first-order chi connectivity index (χ1) is 9.78. The van der Waals surface area contributed by atoms with Gasteiger partial charge in [-0.3, -0.25) is 0 Å². The highest BCUT2D eigenvalue weighted by molar-refractivity contribution is 7.89. The van der Waals surface area contributed by atoms with Gasteiger partial charge in [0, 0.05) is 25.3 Å². The summed E-state index contributed by atoms with van der Waals surface area (Å²) >= 11 is 0. The molecular weight excluding hydrogens is 284 g/mol. The van der Waals surface area contributed by atoms with E-state index in [1.54, 1.807) is 4.31 Å². The van der Waals surface area contributed by atoms with Crippen LogP contribution in [0, 0.1) is 19.8 Å². The molecule has 0 aromatic heterocycles. The Morgan fingerprint density at radius 3 is 2.29 bits per heavy atom. The third kappa shape index (κ3) is 2.94. The number of benzene rings is 1. The molecule has 21 heavy (non-hydrogen) atoms. The van der Waals surface area contributed by atoms with Crippen LogP contribution in [0.1, 0.15) is 37.8 Å². The van der Waals surface area contributed by atoms with Crippen molar-refractivity contribution in [3.05, 3.63) is 23.3 Å². The van der Waals surface area contributed by atoms with Crippen molar-refractivity contribution in [2.24, 2.45) is 5.92 Å². The van der Waals surface area contributed by atoms with E-state index in [9.17, 15) is 8.42 Å². The highest BCUT2D eigenvalue weighted by atomic mass is 32.2. The molecule has 1 N–H and O–H groups in total. The Morgan fingerprint density at radius 2 is 1.76 bits per heavy atom. The summed E-state index contributed by atoms with van der Waals surface area (Å²) in [4.78, 5) is 0.474. The molecule has 118 valence electrons. The first-order valence-electron chi connectivity index (χ1n) is 7.60. The van der Waals surface area contributed by atoms with Gasteiger partial charge in [-0.1, -0.05) is 6.92 Å². The molecular formula is C16H26N2O2S. The van der Waals surface area contributed by atoms with Gasteiger partial charge in [0.1, 0.15) is 0 Å². The lowest BCUT2D eigenvalue weighted by Crippen LogP contribution is -2.46. The first-order valence-corrected chi connectivity index (χ1v) is 9.04. The molecule has 1 heterocycles. The zero-order valence-electron chi connectivity index (χ0n) is 13.6. The van der Waals surface area contributed by atoms with Crippen LogP contribution < -0.4 is 5.32 Å². The van der Waals surface area contributed by atoms with Crippen molar-refractivity contribution in [1.82, 2.24) is 4.31 Å². The third-order valence-electron chi connectivity index (χ3n) is 4.63. The van der Waals surface area contributed by atoms with Crippen LogP contribution in [-0.4, -0.2) is 32.4 Å². The van der Waals surface area contributed by atoms with Crippen molar-refractivity contribution in [2.45, 2.75) is 51.5 Å². The van der Waals surface area contributed by atoms with Crippen LogP contribution >= 0.6 is 0 Å². The van der Waals surface area contributed by atoms with Crippen LogP contribution in [0.3, 0.4) is 0 Å². The summed E-state index contributed by atoms with van der Waals surface area (Å²) < 4.78 is 27.9. The molecule has 5 heteroatoms. The topological polar surface area (TPSA) is 49.4 Å². The number of rotatable bonds is 3. The molecule has 1 aliphatic rings. The standard InChI is InChI=1S/C16H26N2O2S/c1-11-7-6-8-18(14(11)4)21(19,20)16-12(2)9-15(17-5)10-13(16)3/h9-11,14,17H,6-8H2,1-5H3. The van der Waals surface area contributed by atoms with Gasteiger partial charge in [-0.2, -0.15) is 4.31 Å². The zero-order chi connectivity index (χ0) is 15.8. The SMILES string of the molecule is CNc1cc(C)c(S(=O)(=O)N2CCCC(C)C2C)c(C)c1. The molecule has 0 aliphatic carbocycles. The number of hydrogen-bond donors (Lipinski definition) is 1. The molecule has 1 fully saturated rings. The summed E-state index contributed by atoms with van der Waals surface area (Å²) in [7, 11) is -1.58. The van der Waals surface area contributed by atoms with Crippen LogP contribution in [0.5, 0.6) is 0 Å². The number of nitrogens with one attached hydrogen (secondary N) is 1. The van der Waals surface area contributed by atoms with Crippen LogP contribution in [0.25, 0.3) is 0 Å². The fraction of sp³-hybridized carbons (Fsp3) is 0.625. The van der Waals surface area contributed by atoms with E-state index in [-0.39, 0.29) is 6.04 Å². The smallest absolute Gasteiger partial charge is 0.243 e. The van der Waals surface area contributed by atoms with Crippen molar-refractivity contribution in [2.75, 3.05) is 18.9 Å². The van der Waals surface area contributed by atoms with Gasteiger partial charge in [-0.15, -0.1) is 0 Å². The number of piperidine rings is 1. The average molecular weight is 310 g/mol. The van der Waals surface area contributed by atoms with Crippen molar-refractivity contribution in [3.63, 3.8) is 0 Å². The molecule has 0 radical (unpaired) electrons. The van der Waals surface area contributed by atoms with E-state index in [1.807, 2.05) is 40.0 Å². The molecule has 2 unspecified atom stereocenters. The Balaban J connectivity index is 2.49. The monoisotopic (exact) mass is 310 g/mol. The summed E-state index contributed by atoms with van der Waals surface area (Å²) in [6.45, 7) is 8.53. The molecule has 2 atom stereocenters. The van der Waals surface area contributed by atoms with Crippen molar-refractivity contribution in [1.29, 1.82) is 0 Å². The maximum atomic E-state index is 13.1. The molecule has 0 amide bonds. The lowest BCUT2D eigenvalue weighted by molar-refractivity contribution is 0.202. The lowest BCUT2D eigenvalue weighted by Gasteiger charge is -2.37. The third-order valence-corrected chi connectivity index (χ3v) is 6.92. The molecule has 1 aliphatic heterocycles. The van der Waals surface area contributed by atoms with Crippen LogP contribution in [0.4, 0.5) is 5.69 Å². The highest BCUT2D eigenvalue weighted by Crippen LogP contribution is 2.32. The maximum absolute atomic E-state index is 13.1. The second-order valence-electron chi connectivity index (χ2n) is 6.17. The van der Waals surface area contributed by atoms with Gasteiger partial charge in [0.15, 0.2) is 0 Å². The van der Waals surface area contributed by atoms with Gasteiger partial charge in [0.25, 0.3) is 0 Å². The Morgan fingerprint density at radius 1 is 1.19 bits per heavy atom. The quantitative estimate of drug-likeness (QED) is 0.933. The molecule has 1 aromatic carbocycles. The van der Waals surface area contributed by atoms with E-state index in [0.29, 0.717) is 17.4 Å². The molecule has 2 rings (SSSR count). The van der Waals surface area contributed by atoms with E-state index in [4.69, 9.17) is 0 Å². The summed E-state index contributed by atoms with van der Waals surface area (Å²) in [5.41, 5.74) is 2.57. The molecule has 0 spiro atoms. The van der Waals surface area contributed by atoms with E-state index < -0.39 is 10.0 Å². The molecule has 0 saturated carbocycles. The second kappa shape index (κ2) is 5.97. The Labute approximate surface area is 128 Å². The normalized spacial score (nSPS) is 24.0. The van der Waals surface area contributed by atoms with Gasteiger partial charge in [-0.05, 0) is 62.8 Å². The first kappa shape index (κ1) is 16.3. The van der Waals surface area contributed by atoms with E-state index in [1.165, 1.54) is 0 Å². The van der Waals surface area contributed by atoms with Crippen LogP contribution in [0.15, 0.2) is 17.0 Å². The fourth-order valence-corrected chi connectivity index (χ4v) is 5.44. The van der Waals surface area contributed by atoms with E-state index in [2.05, 4.69) is 12.2 Å². The van der Waals surface area contributed by atoms with Crippen LogP contribution in [0.2, 0.25) is 0 Å². The van der Waals surface area contributed by atoms with Gasteiger partial charge in [0.05, 0.1) is 4.90 Å². The lowest BCUT2D eigenvalue weighted by atomic mass is 9.94. The predicted molar refractivity (Wildman–Crippen MR) is 87.2 cm³/mol. The van der Waals surface area contributed by atoms with Gasteiger partial charge < -0.3 is 5.32 Å². The second-order valence-corrected chi connectivity index (χ2v) is 7.99. The number of sulfonamides is 1. The van der Waals surface area contributed by atoms with E-state index >= 15 is 0 Å². The molecule has 1 saturated heterocycles. The number of aryl methyl sites for hydroxylation is 2. The molecule has 1 aromatic rings. The minimum atomic E-state index is -3.42. The van der Waals surface area contributed by atoms with Gasteiger partial charge >= 0.3 is 0 Å². The van der Waals surface area contributed by atoms with Gasteiger partial charge in [0.2, 0.25) is 10.0 Å². The fourth-order valence-electron chi connectivity index (χ4n) is 3.26. The summed E-state index contributed by atoms with van der Waals surface area (Å²) in [5.74, 6) is 0.408. The maximum Gasteiger partial charge on any atom is 0.243 e. The minimum Gasteiger partial charge on any atom is -0.388 e. The zero-order valence-corrected chi connectivity index (χ0v) is 14.4. The van der Waals surface area contributed by atoms with Crippen molar-refractivity contribution in [3.8, 4) is 0 Å². The van der Waals surface area contributed by atoms with Crippen molar-refractivity contribution < 1.29 is 8.42 Å². The molecule has 0 bridgehead atoms.